The van der Waals surface area contributed by atoms with Crippen molar-refractivity contribution in [1.29, 1.82) is 0 Å². The van der Waals surface area contributed by atoms with Gasteiger partial charge in [0.1, 0.15) is 23.0 Å². The molecule has 1 aliphatic heterocycles. The van der Waals surface area contributed by atoms with Crippen LogP contribution in [0.1, 0.15) is 12.6 Å². The van der Waals surface area contributed by atoms with E-state index in [1.54, 1.807) is 17.8 Å². The van der Waals surface area contributed by atoms with E-state index in [4.69, 9.17) is 0 Å². The number of alkyl halides is 3. The molecule has 10 heteroatoms. The van der Waals surface area contributed by atoms with Crippen LogP contribution in [0.4, 0.5) is 47.7 Å². The number of hydrogen-bond donors (Lipinski definition) is 4. The van der Waals surface area contributed by atoms with Gasteiger partial charge in [-0.15, -0.1) is 11.8 Å². The first-order valence-corrected chi connectivity index (χ1v) is 10.4. The number of fused-ring (bicyclic) bond motifs is 1. The van der Waals surface area contributed by atoms with Crippen LogP contribution in [-0.2, 0) is 6.18 Å². The summed E-state index contributed by atoms with van der Waals surface area (Å²) in [6, 6.07) is 13.3. The fraction of sp³-hybridized carbons (Fsp3) is 0.200. The van der Waals surface area contributed by atoms with Crippen LogP contribution >= 0.6 is 11.8 Å². The first-order chi connectivity index (χ1) is 14.3. The molecule has 0 bridgehead atoms. The van der Waals surface area contributed by atoms with E-state index in [1.807, 2.05) is 37.4 Å². The highest BCUT2D eigenvalue weighted by Crippen LogP contribution is 2.40. The Labute approximate surface area is 175 Å². The van der Waals surface area contributed by atoms with Gasteiger partial charge in [0.25, 0.3) is 0 Å². The molecule has 4 rings (SSSR count). The Kier molecular flexibility index (Phi) is 5.33. The minimum atomic E-state index is -4.52. The van der Waals surface area contributed by atoms with Gasteiger partial charge in [-0.05, 0) is 37.4 Å². The zero-order chi connectivity index (χ0) is 21.3. The molecule has 0 spiro atoms. The minimum Gasteiger partial charge on any atom is -0.361 e. The highest BCUT2D eigenvalue weighted by atomic mass is 32.2. The Bertz CT molecular complexity index is 1070. The number of nitrogens with one attached hydrogen (secondary N) is 4. The number of thioether (sulfide) groups is 1. The Morgan fingerprint density at radius 2 is 1.73 bits per heavy atom. The van der Waals surface area contributed by atoms with Crippen molar-refractivity contribution in [3.05, 3.63) is 54.2 Å². The Morgan fingerprint density at radius 1 is 0.933 bits per heavy atom. The van der Waals surface area contributed by atoms with Crippen LogP contribution in [0, 0.1) is 0 Å². The third-order valence-corrected chi connectivity index (χ3v) is 5.20. The lowest BCUT2D eigenvalue weighted by molar-refractivity contribution is -0.141. The number of para-hydroxylation sites is 1. The smallest absolute Gasteiger partial charge is 0.361 e. The van der Waals surface area contributed by atoms with Gasteiger partial charge in [-0.25, -0.2) is 9.97 Å². The van der Waals surface area contributed by atoms with Gasteiger partial charge in [-0.2, -0.15) is 13.2 Å². The molecule has 30 heavy (non-hydrogen) atoms. The first-order valence-electron chi connectivity index (χ1n) is 9.13. The molecule has 3 aromatic rings. The van der Waals surface area contributed by atoms with Crippen LogP contribution in [0.15, 0.2) is 53.4 Å². The van der Waals surface area contributed by atoms with Gasteiger partial charge in [0, 0.05) is 11.0 Å². The molecular formula is C20H19F3N6S. The van der Waals surface area contributed by atoms with E-state index in [9.17, 15) is 13.2 Å². The first kappa shape index (κ1) is 20.1. The summed E-state index contributed by atoms with van der Waals surface area (Å²) in [4.78, 5) is 9.20. The van der Waals surface area contributed by atoms with Gasteiger partial charge in [0.2, 0.25) is 0 Å². The van der Waals surface area contributed by atoms with Gasteiger partial charge in [0.15, 0.2) is 5.82 Å². The van der Waals surface area contributed by atoms with Crippen LogP contribution in [0.3, 0.4) is 0 Å². The average Bonchev–Trinajstić information content (AvgIpc) is 3.08. The Morgan fingerprint density at radius 3 is 2.50 bits per heavy atom. The number of nitrogens with zero attached hydrogens (tertiary/aromatic N) is 2. The summed E-state index contributed by atoms with van der Waals surface area (Å²) >= 11 is 1.61. The predicted molar refractivity (Wildman–Crippen MR) is 115 cm³/mol. The molecule has 0 aliphatic carbocycles. The highest BCUT2D eigenvalue weighted by molar-refractivity contribution is 7.98. The number of halogens is 3. The molecule has 2 aromatic heterocycles. The highest BCUT2D eigenvalue weighted by Gasteiger charge is 2.32. The molecule has 156 valence electrons. The summed E-state index contributed by atoms with van der Waals surface area (Å²) < 4.78 is 38.9. The zero-order valence-corrected chi connectivity index (χ0v) is 16.9. The Hall–Kier alpha value is -3.14. The summed E-state index contributed by atoms with van der Waals surface area (Å²) in [5, 5.41) is 12.8. The second-order valence-electron chi connectivity index (χ2n) is 6.65. The molecular weight excluding hydrogens is 413 g/mol. The van der Waals surface area contributed by atoms with Gasteiger partial charge < -0.3 is 21.3 Å². The molecule has 1 aromatic carbocycles. The lowest BCUT2D eigenvalue weighted by Crippen LogP contribution is -2.16. The van der Waals surface area contributed by atoms with Crippen LogP contribution in [0.2, 0.25) is 0 Å². The van der Waals surface area contributed by atoms with Gasteiger partial charge in [-0.1, -0.05) is 18.2 Å². The summed E-state index contributed by atoms with van der Waals surface area (Å²) in [7, 11) is 0. The fourth-order valence-corrected chi connectivity index (χ4v) is 3.66. The van der Waals surface area contributed by atoms with E-state index in [2.05, 4.69) is 31.2 Å². The lowest BCUT2D eigenvalue weighted by atomic mass is 10.2. The largest absolute Gasteiger partial charge is 0.433 e. The molecule has 3 heterocycles. The number of anilines is 6. The standard InChI is InChI=1S/C20H19F3N6S/c1-11-24-18-13(26-12-6-3-4-7-14(12)30-2)10-17(29-19(18)25-11)28-16-9-5-8-15(27-16)20(21,22)23/h3-11,24H,1-2H3,(H3,25,26,27,28,29). The van der Waals surface area contributed by atoms with Crippen molar-refractivity contribution in [2.24, 2.45) is 0 Å². The van der Waals surface area contributed by atoms with E-state index in [0.29, 0.717) is 11.6 Å². The van der Waals surface area contributed by atoms with Crippen molar-refractivity contribution < 1.29 is 13.2 Å². The average molecular weight is 432 g/mol. The summed E-state index contributed by atoms with van der Waals surface area (Å²) in [6.45, 7) is 1.95. The molecule has 6 nitrogen and oxygen atoms in total. The van der Waals surface area contributed by atoms with Crippen molar-refractivity contribution in [2.45, 2.75) is 24.2 Å². The molecule has 0 saturated heterocycles. The molecule has 4 N–H and O–H groups in total. The van der Waals surface area contributed by atoms with Crippen molar-refractivity contribution in [2.75, 3.05) is 27.5 Å². The third-order valence-electron chi connectivity index (χ3n) is 4.41. The maximum Gasteiger partial charge on any atom is 0.433 e. The topological polar surface area (TPSA) is 73.9 Å². The maximum atomic E-state index is 13.0. The van der Waals surface area contributed by atoms with E-state index in [-0.39, 0.29) is 12.0 Å². The van der Waals surface area contributed by atoms with Gasteiger partial charge in [-0.3, -0.25) is 0 Å². The predicted octanol–water partition coefficient (Wildman–Crippen LogP) is 5.89. The molecule has 1 atom stereocenters. The number of hydrogen-bond acceptors (Lipinski definition) is 7. The second kappa shape index (κ2) is 7.94. The molecule has 1 aliphatic rings. The quantitative estimate of drug-likeness (QED) is 0.375. The van der Waals surface area contributed by atoms with Crippen LogP contribution < -0.4 is 21.3 Å². The fourth-order valence-electron chi connectivity index (χ4n) is 3.10. The monoisotopic (exact) mass is 432 g/mol. The van der Waals surface area contributed by atoms with Crippen LogP contribution in [-0.4, -0.2) is 22.4 Å². The van der Waals surface area contributed by atoms with Crippen LogP contribution in [0.5, 0.6) is 0 Å². The van der Waals surface area contributed by atoms with Crippen LogP contribution in [0.25, 0.3) is 0 Å². The molecule has 0 radical (unpaired) electrons. The molecule has 0 saturated carbocycles. The van der Waals surface area contributed by atoms with Crippen molar-refractivity contribution >= 4 is 46.3 Å². The SMILES string of the molecule is CSc1ccccc1Nc1cc(Nc2cccc(C(F)(F)F)n2)nc2c1NC(C)N2. The molecule has 1 unspecified atom stereocenters. The Balaban J connectivity index is 1.69. The van der Waals surface area contributed by atoms with Gasteiger partial charge >= 0.3 is 6.18 Å². The number of aromatic nitrogens is 2. The van der Waals surface area contributed by atoms with E-state index in [0.717, 1.165) is 28.0 Å². The maximum absolute atomic E-state index is 13.0. The van der Waals surface area contributed by atoms with Crippen molar-refractivity contribution in [1.82, 2.24) is 9.97 Å². The second-order valence-corrected chi connectivity index (χ2v) is 7.49. The number of rotatable bonds is 5. The normalized spacial score (nSPS) is 15.2. The summed E-state index contributed by atoms with van der Waals surface area (Å²) in [6.07, 6.45) is -2.56. The number of pyridine rings is 2. The van der Waals surface area contributed by atoms with E-state index >= 15 is 0 Å². The minimum absolute atomic E-state index is 0.0363. The van der Waals surface area contributed by atoms with Crippen molar-refractivity contribution in [3.8, 4) is 0 Å². The number of benzene rings is 1. The van der Waals surface area contributed by atoms with Gasteiger partial charge in [0.05, 0.1) is 17.5 Å². The van der Waals surface area contributed by atoms with Crippen molar-refractivity contribution in [3.63, 3.8) is 0 Å². The molecule has 0 fully saturated rings. The van der Waals surface area contributed by atoms with E-state index in [1.165, 1.54) is 12.1 Å². The van der Waals surface area contributed by atoms with E-state index < -0.39 is 11.9 Å². The summed E-state index contributed by atoms with van der Waals surface area (Å²) in [5.41, 5.74) is 1.49. The lowest BCUT2D eigenvalue weighted by Gasteiger charge is -2.15. The zero-order valence-electron chi connectivity index (χ0n) is 16.1. The molecule has 0 amide bonds. The third kappa shape index (κ3) is 4.23. The summed E-state index contributed by atoms with van der Waals surface area (Å²) in [5.74, 6) is 1.03.